The molecule has 5 heteroatoms. The Bertz CT molecular complexity index is 552. The van der Waals surface area contributed by atoms with Crippen molar-refractivity contribution in [3.63, 3.8) is 0 Å². The van der Waals surface area contributed by atoms with Gasteiger partial charge >= 0.3 is 0 Å². The van der Waals surface area contributed by atoms with Crippen molar-refractivity contribution in [1.82, 2.24) is 9.80 Å². The molecule has 0 aliphatic carbocycles. The summed E-state index contributed by atoms with van der Waals surface area (Å²) < 4.78 is 5.46. The molecule has 0 spiro atoms. The lowest BCUT2D eigenvalue weighted by Gasteiger charge is -2.35. The molecule has 1 amide bonds. The number of rotatable bonds is 3. The number of benzene rings is 1. The van der Waals surface area contributed by atoms with Crippen LogP contribution in [0.1, 0.15) is 27.9 Å². The van der Waals surface area contributed by atoms with E-state index < -0.39 is 0 Å². The van der Waals surface area contributed by atoms with Crippen LogP contribution in [0.15, 0.2) is 18.2 Å². The normalized spacial score (nSPS) is 23.1. The second-order valence-corrected chi connectivity index (χ2v) is 8.02. The summed E-state index contributed by atoms with van der Waals surface area (Å²) in [6.45, 7) is 9.54. The Morgan fingerprint density at radius 3 is 2.58 bits per heavy atom. The highest BCUT2D eigenvalue weighted by Gasteiger charge is 2.28. The Hall–Kier alpha value is -1.04. The Balaban J connectivity index is 1.76. The molecule has 2 fully saturated rings. The van der Waals surface area contributed by atoms with Crippen LogP contribution in [-0.4, -0.2) is 72.6 Å². The number of morpholine rings is 1. The average Bonchev–Trinajstić information content (AvgIpc) is 2.80. The minimum atomic E-state index is 0.197. The molecule has 0 radical (unpaired) electrons. The van der Waals surface area contributed by atoms with E-state index in [4.69, 9.17) is 4.74 Å². The molecule has 1 aromatic carbocycles. The van der Waals surface area contributed by atoms with Crippen molar-refractivity contribution in [2.24, 2.45) is 0 Å². The third-order valence-corrected chi connectivity index (χ3v) is 5.94. The van der Waals surface area contributed by atoms with Gasteiger partial charge in [-0.15, -0.1) is 0 Å². The van der Waals surface area contributed by atoms with Gasteiger partial charge in [-0.3, -0.25) is 9.69 Å². The monoisotopic (exact) mass is 348 g/mol. The molecule has 2 aliphatic heterocycles. The molecule has 1 aromatic rings. The summed E-state index contributed by atoms with van der Waals surface area (Å²) >= 11 is 1.98. The minimum Gasteiger partial charge on any atom is -0.379 e. The quantitative estimate of drug-likeness (QED) is 0.841. The molecule has 0 N–H and O–H groups in total. The van der Waals surface area contributed by atoms with Crippen molar-refractivity contribution in [3.05, 3.63) is 34.9 Å². The van der Waals surface area contributed by atoms with Crippen LogP contribution in [0, 0.1) is 13.8 Å². The van der Waals surface area contributed by atoms with E-state index in [1.165, 1.54) is 0 Å². The zero-order chi connectivity index (χ0) is 16.9. The smallest absolute Gasteiger partial charge is 0.254 e. The molecule has 132 valence electrons. The molecule has 4 nitrogen and oxygen atoms in total. The van der Waals surface area contributed by atoms with Gasteiger partial charge in [-0.2, -0.15) is 11.8 Å². The Labute approximate surface area is 149 Å². The van der Waals surface area contributed by atoms with Crippen LogP contribution in [-0.2, 0) is 4.74 Å². The van der Waals surface area contributed by atoms with E-state index in [0.29, 0.717) is 6.04 Å². The van der Waals surface area contributed by atoms with Gasteiger partial charge in [0.15, 0.2) is 0 Å². The van der Waals surface area contributed by atoms with E-state index in [1.807, 2.05) is 23.9 Å². The standard InChI is InChI=1S/C19H28N2O2S/c1-15-10-16(2)12-17(11-15)19(22)21-4-3-9-24-14-18(21)13-20-5-7-23-8-6-20/h10-12,18H,3-9,13-14H2,1-2H3. The zero-order valence-corrected chi connectivity index (χ0v) is 15.6. The predicted octanol–water partition coefficient (Wildman–Crippen LogP) is 2.58. The van der Waals surface area contributed by atoms with Gasteiger partial charge in [-0.05, 0) is 38.2 Å². The molecule has 0 aromatic heterocycles. The first-order valence-electron chi connectivity index (χ1n) is 8.90. The number of carbonyl (C=O) groups excluding carboxylic acids is 1. The highest BCUT2D eigenvalue weighted by Crippen LogP contribution is 2.21. The molecule has 0 bridgehead atoms. The maximum absolute atomic E-state index is 13.2. The summed E-state index contributed by atoms with van der Waals surface area (Å²) in [5, 5.41) is 0. The van der Waals surface area contributed by atoms with Crippen LogP contribution >= 0.6 is 11.8 Å². The van der Waals surface area contributed by atoms with Crippen LogP contribution in [0.3, 0.4) is 0 Å². The number of hydrogen-bond acceptors (Lipinski definition) is 4. The lowest BCUT2D eigenvalue weighted by atomic mass is 10.1. The molecule has 1 atom stereocenters. The van der Waals surface area contributed by atoms with Gasteiger partial charge in [0.2, 0.25) is 0 Å². The second-order valence-electron chi connectivity index (χ2n) is 6.87. The third kappa shape index (κ3) is 4.52. The van der Waals surface area contributed by atoms with Crippen molar-refractivity contribution in [2.75, 3.05) is 50.9 Å². The van der Waals surface area contributed by atoms with Gasteiger partial charge in [0.25, 0.3) is 5.91 Å². The van der Waals surface area contributed by atoms with Crippen molar-refractivity contribution in [1.29, 1.82) is 0 Å². The topological polar surface area (TPSA) is 32.8 Å². The number of amides is 1. The van der Waals surface area contributed by atoms with Crippen molar-refractivity contribution in [2.45, 2.75) is 26.3 Å². The zero-order valence-electron chi connectivity index (χ0n) is 14.8. The average molecular weight is 349 g/mol. The molecule has 2 saturated heterocycles. The maximum Gasteiger partial charge on any atom is 0.254 e. The molecular formula is C19H28N2O2S. The molecule has 2 aliphatic rings. The number of ether oxygens (including phenoxy) is 1. The van der Waals surface area contributed by atoms with E-state index in [9.17, 15) is 4.79 Å². The summed E-state index contributed by atoms with van der Waals surface area (Å²) in [5.41, 5.74) is 3.16. The molecule has 3 rings (SSSR count). The maximum atomic E-state index is 13.2. The van der Waals surface area contributed by atoms with Crippen molar-refractivity contribution >= 4 is 17.7 Å². The summed E-state index contributed by atoms with van der Waals surface area (Å²) in [6.07, 6.45) is 1.08. The van der Waals surface area contributed by atoms with Crippen LogP contribution in [0.5, 0.6) is 0 Å². The first-order chi connectivity index (χ1) is 11.6. The Morgan fingerprint density at radius 1 is 1.17 bits per heavy atom. The number of thioether (sulfide) groups is 1. The highest BCUT2D eigenvalue weighted by molar-refractivity contribution is 7.99. The number of carbonyl (C=O) groups is 1. The molecular weight excluding hydrogens is 320 g/mol. The summed E-state index contributed by atoms with van der Waals surface area (Å²) in [5.74, 6) is 2.38. The van der Waals surface area contributed by atoms with Crippen LogP contribution in [0.2, 0.25) is 0 Å². The number of aryl methyl sites for hydroxylation is 2. The first-order valence-corrected chi connectivity index (χ1v) is 10.1. The van der Waals surface area contributed by atoms with Gasteiger partial charge in [0, 0.05) is 37.5 Å². The van der Waals surface area contributed by atoms with E-state index in [0.717, 1.165) is 74.0 Å². The van der Waals surface area contributed by atoms with E-state index >= 15 is 0 Å². The van der Waals surface area contributed by atoms with E-state index in [1.54, 1.807) is 0 Å². The predicted molar refractivity (Wildman–Crippen MR) is 99.9 cm³/mol. The van der Waals surface area contributed by atoms with Gasteiger partial charge in [-0.25, -0.2) is 0 Å². The van der Waals surface area contributed by atoms with Crippen LogP contribution in [0.25, 0.3) is 0 Å². The molecule has 0 saturated carbocycles. The molecule has 1 unspecified atom stereocenters. The van der Waals surface area contributed by atoms with E-state index in [-0.39, 0.29) is 5.91 Å². The number of hydrogen-bond donors (Lipinski definition) is 0. The van der Waals surface area contributed by atoms with Crippen molar-refractivity contribution < 1.29 is 9.53 Å². The van der Waals surface area contributed by atoms with Crippen LogP contribution < -0.4 is 0 Å². The minimum absolute atomic E-state index is 0.197. The summed E-state index contributed by atoms with van der Waals surface area (Å²) in [4.78, 5) is 17.8. The van der Waals surface area contributed by atoms with Gasteiger partial charge in [0.1, 0.15) is 0 Å². The van der Waals surface area contributed by atoms with E-state index in [2.05, 4.69) is 29.7 Å². The highest BCUT2D eigenvalue weighted by atomic mass is 32.2. The Morgan fingerprint density at radius 2 is 1.88 bits per heavy atom. The number of nitrogens with zero attached hydrogens (tertiary/aromatic N) is 2. The fourth-order valence-corrected chi connectivity index (χ4v) is 4.65. The van der Waals surface area contributed by atoms with Gasteiger partial charge in [0.05, 0.1) is 19.3 Å². The SMILES string of the molecule is Cc1cc(C)cc(C(=O)N2CCCSCC2CN2CCOCC2)c1. The third-order valence-electron chi connectivity index (χ3n) is 4.74. The van der Waals surface area contributed by atoms with Gasteiger partial charge in [-0.1, -0.05) is 17.2 Å². The van der Waals surface area contributed by atoms with Crippen molar-refractivity contribution in [3.8, 4) is 0 Å². The Kier molecular flexibility index (Phi) is 6.19. The summed E-state index contributed by atoms with van der Waals surface area (Å²) in [7, 11) is 0. The lowest BCUT2D eigenvalue weighted by Crippen LogP contribution is -2.50. The lowest BCUT2D eigenvalue weighted by molar-refractivity contribution is 0.0245. The first kappa shape index (κ1) is 17.8. The fraction of sp³-hybridized carbons (Fsp3) is 0.632. The second kappa shape index (κ2) is 8.37. The largest absolute Gasteiger partial charge is 0.379 e. The van der Waals surface area contributed by atoms with Crippen LogP contribution in [0.4, 0.5) is 0 Å². The summed E-state index contributed by atoms with van der Waals surface area (Å²) in [6, 6.07) is 6.47. The van der Waals surface area contributed by atoms with Gasteiger partial charge < -0.3 is 9.64 Å². The molecule has 2 heterocycles. The molecule has 24 heavy (non-hydrogen) atoms. The fourth-order valence-electron chi connectivity index (χ4n) is 3.59.